The largest absolute Gasteiger partial charge is 0.260 e. The Labute approximate surface area is 154 Å². The van der Waals surface area contributed by atoms with Gasteiger partial charge in [0.25, 0.3) is 0 Å². The van der Waals surface area contributed by atoms with E-state index in [4.69, 9.17) is 16.7 Å². The number of aryl methyl sites for hydroxylation is 2. The molecular weight excluding hydrogens is 328 g/mol. The molecule has 0 amide bonds. The Morgan fingerprint density at radius 1 is 0.840 bits per heavy atom. The summed E-state index contributed by atoms with van der Waals surface area (Å²) in [5.41, 5.74) is 6.68. The van der Waals surface area contributed by atoms with Crippen LogP contribution in [0.25, 0.3) is 22.5 Å². The van der Waals surface area contributed by atoms with E-state index in [0.29, 0.717) is 6.04 Å². The summed E-state index contributed by atoms with van der Waals surface area (Å²) < 4.78 is 2.19. The molecule has 1 fully saturated rings. The van der Waals surface area contributed by atoms with E-state index in [0.717, 1.165) is 27.5 Å². The van der Waals surface area contributed by atoms with Crippen molar-refractivity contribution in [2.45, 2.75) is 45.6 Å². The predicted molar refractivity (Wildman–Crippen MR) is 105 cm³/mol. The highest BCUT2D eigenvalue weighted by Gasteiger charge is 2.26. The normalized spacial score (nSPS) is 15.0. The van der Waals surface area contributed by atoms with Crippen molar-refractivity contribution in [3.8, 4) is 22.5 Å². The fourth-order valence-corrected chi connectivity index (χ4v) is 4.04. The van der Waals surface area contributed by atoms with Crippen LogP contribution in [0.15, 0.2) is 48.5 Å². The number of hydrogen-bond donors (Lipinski definition) is 0. The molecule has 0 spiro atoms. The Kier molecular flexibility index (Phi) is 4.39. The van der Waals surface area contributed by atoms with Crippen LogP contribution in [0.1, 0.15) is 42.9 Å². The number of nitrogens with zero attached hydrogens (tertiary/aromatic N) is 2. The topological polar surface area (TPSA) is 17.8 Å². The maximum atomic E-state index is 6.87. The van der Waals surface area contributed by atoms with Gasteiger partial charge in [-0.1, -0.05) is 84.1 Å². The van der Waals surface area contributed by atoms with Gasteiger partial charge in [-0.3, -0.25) is 4.68 Å². The van der Waals surface area contributed by atoms with Crippen LogP contribution in [-0.4, -0.2) is 9.78 Å². The minimum atomic E-state index is 0.452. The lowest BCUT2D eigenvalue weighted by atomic mass is 10.1. The summed E-state index contributed by atoms with van der Waals surface area (Å²) in [5.74, 6) is 0. The third kappa shape index (κ3) is 3.11. The van der Waals surface area contributed by atoms with Gasteiger partial charge in [0.2, 0.25) is 0 Å². The standard InChI is InChI=1S/C22H23ClN2/c1-15-7-11-17(12-8-15)21-20(23)22(18-13-9-16(2)10-14-18)25(24-21)19-5-3-4-6-19/h7-14,19H,3-6H2,1-2H3. The van der Waals surface area contributed by atoms with Gasteiger partial charge >= 0.3 is 0 Å². The second-order valence-electron chi connectivity index (χ2n) is 7.13. The van der Waals surface area contributed by atoms with E-state index in [1.54, 1.807) is 0 Å². The summed E-state index contributed by atoms with van der Waals surface area (Å²) in [6, 6.07) is 17.5. The second-order valence-corrected chi connectivity index (χ2v) is 7.50. The Morgan fingerprint density at radius 2 is 1.36 bits per heavy atom. The Morgan fingerprint density at radius 3 is 1.92 bits per heavy atom. The first-order valence-electron chi connectivity index (χ1n) is 9.05. The molecule has 0 radical (unpaired) electrons. The summed E-state index contributed by atoms with van der Waals surface area (Å²) in [6.07, 6.45) is 4.92. The van der Waals surface area contributed by atoms with Crippen molar-refractivity contribution in [1.82, 2.24) is 9.78 Å². The van der Waals surface area contributed by atoms with E-state index in [-0.39, 0.29) is 0 Å². The van der Waals surface area contributed by atoms with Gasteiger partial charge in [-0.05, 0) is 26.7 Å². The summed E-state index contributed by atoms with van der Waals surface area (Å²) in [6.45, 7) is 4.21. The lowest BCUT2D eigenvalue weighted by Gasteiger charge is -2.14. The minimum absolute atomic E-state index is 0.452. The fourth-order valence-electron chi connectivity index (χ4n) is 3.69. The van der Waals surface area contributed by atoms with Crippen LogP contribution in [0.4, 0.5) is 0 Å². The molecule has 3 heteroatoms. The molecule has 0 aliphatic heterocycles. The van der Waals surface area contributed by atoms with Crippen LogP contribution < -0.4 is 0 Å². The minimum Gasteiger partial charge on any atom is -0.260 e. The van der Waals surface area contributed by atoms with Gasteiger partial charge in [0.05, 0.1) is 16.8 Å². The summed E-state index contributed by atoms with van der Waals surface area (Å²) in [7, 11) is 0. The fraction of sp³-hybridized carbons (Fsp3) is 0.318. The lowest BCUT2D eigenvalue weighted by Crippen LogP contribution is -2.08. The number of rotatable bonds is 3. The average molecular weight is 351 g/mol. The molecule has 2 aromatic carbocycles. The molecule has 1 saturated carbocycles. The number of hydrogen-bond acceptors (Lipinski definition) is 1. The maximum Gasteiger partial charge on any atom is 0.112 e. The molecule has 0 unspecified atom stereocenters. The highest BCUT2D eigenvalue weighted by Crippen LogP contribution is 2.41. The van der Waals surface area contributed by atoms with Gasteiger partial charge in [-0.25, -0.2) is 0 Å². The molecular formula is C22H23ClN2. The highest BCUT2D eigenvalue weighted by molar-refractivity contribution is 6.35. The van der Waals surface area contributed by atoms with Gasteiger partial charge in [0.1, 0.15) is 5.69 Å². The van der Waals surface area contributed by atoms with Crippen molar-refractivity contribution < 1.29 is 0 Å². The van der Waals surface area contributed by atoms with E-state index >= 15 is 0 Å². The number of benzene rings is 2. The molecule has 1 aliphatic carbocycles. The van der Waals surface area contributed by atoms with Crippen molar-refractivity contribution in [1.29, 1.82) is 0 Å². The average Bonchev–Trinajstić information content (AvgIpc) is 3.25. The molecule has 1 aliphatic rings. The molecule has 128 valence electrons. The number of halogens is 1. The van der Waals surface area contributed by atoms with E-state index in [1.807, 2.05) is 0 Å². The molecule has 1 heterocycles. The van der Waals surface area contributed by atoms with Gasteiger partial charge in [-0.15, -0.1) is 0 Å². The molecule has 0 N–H and O–H groups in total. The third-order valence-electron chi connectivity index (χ3n) is 5.17. The maximum absolute atomic E-state index is 6.87. The van der Waals surface area contributed by atoms with Crippen LogP contribution in [0.3, 0.4) is 0 Å². The Hall–Kier alpha value is -2.06. The first-order chi connectivity index (χ1) is 12.1. The van der Waals surface area contributed by atoms with E-state index < -0.39 is 0 Å². The van der Waals surface area contributed by atoms with Crippen molar-refractivity contribution >= 4 is 11.6 Å². The van der Waals surface area contributed by atoms with Gasteiger partial charge in [0.15, 0.2) is 0 Å². The molecule has 0 atom stereocenters. The third-order valence-corrected chi connectivity index (χ3v) is 5.53. The van der Waals surface area contributed by atoms with Crippen LogP contribution >= 0.6 is 11.6 Å². The summed E-state index contributed by atoms with van der Waals surface area (Å²) in [5, 5.41) is 5.74. The van der Waals surface area contributed by atoms with E-state index in [9.17, 15) is 0 Å². The van der Waals surface area contributed by atoms with Crippen molar-refractivity contribution in [2.75, 3.05) is 0 Å². The Balaban J connectivity index is 1.88. The van der Waals surface area contributed by atoms with Crippen LogP contribution in [0, 0.1) is 13.8 Å². The van der Waals surface area contributed by atoms with Crippen molar-refractivity contribution in [3.63, 3.8) is 0 Å². The molecule has 1 aromatic heterocycles. The van der Waals surface area contributed by atoms with Crippen molar-refractivity contribution in [3.05, 3.63) is 64.7 Å². The molecule has 2 nitrogen and oxygen atoms in total. The van der Waals surface area contributed by atoms with Gasteiger partial charge < -0.3 is 0 Å². The van der Waals surface area contributed by atoms with Crippen LogP contribution in [0.5, 0.6) is 0 Å². The molecule has 25 heavy (non-hydrogen) atoms. The summed E-state index contributed by atoms with van der Waals surface area (Å²) >= 11 is 6.87. The predicted octanol–water partition coefficient (Wildman–Crippen LogP) is 6.60. The zero-order valence-electron chi connectivity index (χ0n) is 14.8. The van der Waals surface area contributed by atoms with Gasteiger partial charge in [0, 0.05) is 11.1 Å². The molecule has 0 bridgehead atoms. The lowest BCUT2D eigenvalue weighted by molar-refractivity contribution is 0.473. The Bertz CT molecular complexity index is 870. The van der Waals surface area contributed by atoms with Gasteiger partial charge in [-0.2, -0.15) is 5.10 Å². The molecule has 4 rings (SSSR count). The van der Waals surface area contributed by atoms with Crippen LogP contribution in [-0.2, 0) is 0 Å². The smallest absolute Gasteiger partial charge is 0.112 e. The van der Waals surface area contributed by atoms with E-state index in [2.05, 4.69) is 67.1 Å². The molecule has 0 saturated heterocycles. The second kappa shape index (κ2) is 6.68. The van der Waals surface area contributed by atoms with Crippen LogP contribution in [0.2, 0.25) is 5.02 Å². The SMILES string of the molecule is Cc1ccc(-c2nn(C3CCCC3)c(-c3ccc(C)cc3)c2Cl)cc1. The van der Waals surface area contributed by atoms with Crippen molar-refractivity contribution in [2.24, 2.45) is 0 Å². The quantitative estimate of drug-likeness (QED) is 0.520. The monoisotopic (exact) mass is 350 g/mol. The first kappa shape index (κ1) is 16.4. The zero-order chi connectivity index (χ0) is 17.4. The number of aromatic nitrogens is 2. The first-order valence-corrected chi connectivity index (χ1v) is 9.43. The molecule has 3 aromatic rings. The summed E-state index contributed by atoms with van der Waals surface area (Å²) in [4.78, 5) is 0. The van der Waals surface area contributed by atoms with E-state index in [1.165, 1.54) is 36.8 Å². The highest BCUT2D eigenvalue weighted by atomic mass is 35.5. The zero-order valence-corrected chi connectivity index (χ0v) is 15.6.